The van der Waals surface area contributed by atoms with E-state index in [1.165, 1.54) is 4.90 Å². The van der Waals surface area contributed by atoms with E-state index >= 15 is 0 Å². The average molecular weight is 398 g/mol. The summed E-state index contributed by atoms with van der Waals surface area (Å²) < 4.78 is 15.8. The summed E-state index contributed by atoms with van der Waals surface area (Å²) in [4.78, 5) is 37.7. The van der Waals surface area contributed by atoms with Crippen LogP contribution in [0.25, 0.3) is 0 Å². The number of ether oxygens (including phenoxy) is 3. The number of amides is 2. The summed E-state index contributed by atoms with van der Waals surface area (Å²) in [6.45, 7) is 1.96. The van der Waals surface area contributed by atoms with E-state index in [-0.39, 0.29) is 25.5 Å². The van der Waals surface area contributed by atoms with Crippen molar-refractivity contribution in [1.82, 2.24) is 0 Å². The van der Waals surface area contributed by atoms with E-state index in [9.17, 15) is 14.4 Å². The Hall–Kier alpha value is -3.55. The lowest BCUT2D eigenvalue weighted by Crippen LogP contribution is -2.40. The van der Waals surface area contributed by atoms with Crippen LogP contribution in [-0.2, 0) is 19.1 Å². The molecule has 0 aliphatic carbocycles. The van der Waals surface area contributed by atoms with E-state index < -0.39 is 18.5 Å². The Labute approximate surface area is 168 Å². The molecule has 2 aromatic carbocycles. The topological polar surface area (TPSA) is 94.2 Å². The van der Waals surface area contributed by atoms with Gasteiger partial charge in [-0.25, -0.2) is 0 Å². The summed E-state index contributed by atoms with van der Waals surface area (Å²) in [5, 5.41) is 2.65. The van der Waals surface area contributed by atoms with Crippen LogP contribution in [0.15, 0.2) is 48.5 Å². The quantitative estimate of drug-likeness (QED) is 0.686. The molecule has 0 fully saturated rings. The highest BCUT2D eigenvalue weighted by molar-refractivity contribution is 5.98. The smallest absolute Gasteiger partial charge is 0.308 e. The molecule has 0 radical (unpaired) electrons. The second-order valence-corrected chi connectivity index (χ2v) is 6.19. The van der Waals surface area contributed by atoms with Crippen LogP contribution < -0.4 is 19.7 Å². The Kier molecular flexibility index (Phi) is 6.67. The first-order valence-corrected chi connectivity index (χ1v) is 9.28. The van der Waals surface area contributed by atoms with Gasteiger partial charge in [-0.2, -0.15) is 0 Å². The fraction of sp³-hybridized carbons (Fsp3) is 0.286. The number of benzene rings is 2. The van der Waals surface area contributed by atoms with Crippen molar-refractivity contribution in [1.29, 1.82) is 0 Å². The van der Waals surface area contributed by atoms with Gasteiger partial charge in [0.25, 0.3) is 11.8 Å². The third kappa shape index (κ3) is 5.25. The molecule has 0 spiro atoms. The lowest BCUT2D eigenvalue weighted by atomic mass is 10.2. The molecule has 3 rings (SSSR count). The van der Waals surface area contributed by atoms with Gasteiger partial charge in [-0.05, 0) is 31.2 Å². The maximum Gasteiger partial charge on any atom is 0.308 e. The van der Waals surface area contributed by atoms with Gasteiger partial charge in [0, 0.05) is 6.54 Å². The van der Waals surface area contributed by atoms with Gasteiger partial charge in [0.1, 0.15) is 11.5 Å². The fourth-order valence-corrected chi connectivity index (χ4v) is 2.86. The molecule has 0 saturated heterocycles. The number of fused-ring (bicyclic) bond motifs is 1. The SMILES string of the molecule is CCOc1ccccc1NC(=O)COC(=O)CCN1C(=O)COc2ccccc21. The van der Waals surface area contributed by atoms with E-state index in [1.807, 2.05) is 13.0 Å². The number of para-hydroxylation sites is 4. The standard InChI is InChI=1S/C21H22N2O6/c1-2-27-17-9-5-3-7-15(17)22-19(24)13-29-21(26)11-12-23-16-8-4-6-10-18(16)28-14-20(23)25/h3-10H,2,11-14H2,1H3,(H,22,24). The molecule has 1 aliphatic heterocycles. The van der Waals surface area contributed by atoms with Crippen molar-refractivity contribution in [3.8, 4) is 11.5 Å². The van der Waals surface area contributed by atoms with Gasteiger partial charge in [-0.3, -0.25) is 14.4 Å². The number of hydrogen-bond acceptors (Lipinski definition) is 6. The van der Waals surface area contributed by atoms with E-state index in [2.05, 4.69) is 5.32 Å². The molecule has 0 saturated carbocycles. The molecule has 1 aliphatic rings. The zero-order chi connectivity index (χ0) is 20.6. The molecule has 0 unspecified atom stereocenters. The highest BCUT2D eigenvalue weighted by atomic mass is 16.5. The van der Waals surface area contributed by atoms with Crippen LogP contribution >= 0.6 is 0 Å². The largest absolute Gasteiger partial charge is 0.492 e. The minimum Gasteiger partial charge on any atom is -0.492 e. The monoisotopic (exact) mass is 398 g/mol. The van der Waals surface area contributed by atoms with Crippen molar-refractivity contribution in [2.75, 3.05) is 36.6 Å². The first kappa shape index (κ1) is 20.2. The normalized spacial score (nSPS) is 12.6. The molecule has 2 amide bonds. The molecule has 1 heterocycles. The average Bonchev–Trinajstić information content (AvgIpc) is 2.73. The van der Waals surface area contributed by atoms with Gasteiger partial charge in [0.15, 0.2) is 13.2 Å². The maximum absolute atomic E-state index is 12.1. The van der Waals surface area contributed by atoms with Gasteiger partial charge in [0.05, 0.1) is 24.4 Å². The second-order valence-electron chi connectivity index (χ2n) is 6.19. The summed E-state index contributed by atoms with van der Waals surface area (Å²) in [5.41, 5.74) is 1.12. The molecule has 152 valence electrons. The third-order valence-electron chi connectivity index (χ3n) is 4.17. The molecule has 2 aromatic rings. The number of nitrogens with zero attached hydrogens (tertiary/aromatic N) is 1. The van der Waals surface area contributed by atoms with Crippen molar-refractivity contribution in [3.05, 3.63) is 48.5 Å². The van der Waals surface area contributed by atoms with Gasteiger partial charge in [-0.15, -0.1) is 0 Å². The summed E-state index contributed by atoms with van der Waals surface area (Å²) >= 11 is 0. The molecule has 1 N–H and O–H groups in total. The van der Waals surface area contributed by atoms with Crippen molar-refractivity contribution < 1.29 is 28.6 Å². The summed E-state index contributed by atoms with van der Waals surface area (Å²) in [5.74, 6) is -0.151. The van der Waals surface area contributed by atoms with Gasteiger partial charge < -0.3 is 24.4 Å². The highest BCUT2D eigenvalue weighted by Crippen LogP contribution is 2.31. The molecule has 0 aromatic heterocycles. The summed E-state index contributed by atoms with van der Waals surface area (Å²) in [7, 11) is 0. The van der Waals surface area contributed by atoms with Crippen molar-refractivity contribution in [2.24, 2.45) is 0 Å². The fourth-order valence-electron chi connectivity index (χ4n) is 2.86. The van der Waals surface area contributed by atoms with Crippen LogP contribution in [0.5, 0.6) is 11.5 Å². The molecular formula is C21H22N2O6. The van der Waals surface area contributed by atoms with Crippen LogP contribution in [0.3, 0.4) is 0 Å². The second kappa shape index (κ2) is 9.59. The molecule has 8 nitrogen and oxygen atoms in total. The summed E-state index contributed by atoms with van der Waals surface area (Å²) in [6.07, 6.45) is -0.0388. The lowest BCUT2D eigenvalue weighted by Gasteiger charge is -2.28. The number of rotatable bonds is 8. The van der Waals surface area contributed by atoms with Gasteiger partial charge in [-0.1, -0.05) is 24.3 Å². The lowest BCUT2D eigenvalue weighted by molar-refractivity contribution is -0.147. The van der Waals surface area contributed by atoms with E-state index in [0.29, 0.717) is 29.5 Å². The van der Waals surface area contributed by atoms with Crippen LogP contribution in [0.2, 0.25) is 0 Å². The Balaban J connectivity index is 1.48. The molecule has 8 heteroatoms. The van der Waals surface area contributed by atoms with E-state index in [0.717, 1.165) is 0 Å². The molecule has 29 heavy (non-hydrogen) atoms. The van der Waals surface area contributed by atoms with Crippen LogP contribution in [0.4, 0.5) is 11.4 Å². The van der Waals surface area contributed by atoms with Gasteiger partial charge in [0.2, 0.25) is 0 Å². The van der Waals surface area contributed by atoms with E-state index in [4.69, 9.17) is 14.2 Å². The minimum absolute atomic E-state index is 0.0388. The predicted molar refractivity (Wildman–Crippen MR) is 106 cm³/mol. The Bertz CT molecular complexity index is 898. The molecular weight excluding hydrogens is 376 g/mol. The zero-order valence-corrected chi connectivity index (χ0v) is 16.1. The highest BCUT2D eigenvalue weighted by Gasteiger charge is 2.25. The van der Waals surface area contributed by atoms with Crippen molar-refractivity contribution in [2.45, 2.75) is 13.3 Å². The first-order valence-electron chi connectivity index (χ1n) is 9.28. The van der Waals surface area contributed by atoms with Crippen molar-refractivity contribution in [3.63, 3.8) is 0 Å². The predicted octanol–water partition coefficient (Wildman–Crippen LogP) is 2.38. The number of carbonyl (C=O) groups is 3. The minimum atomic E-state index is -0.574. The van der Waals surface area contributed by atoms with Crippen LogP contribution in [0, 0.1) is 0 Å². The van der Waals surface area contributed by atoms with Crippen molar-refractivity contribution >= 4 is 29.2 Å². The Morgan fingerprint density at radius 3 is 2.72 bits per heavy atom. The van der Waals surface area contributed by atoms with Crippen LogP contribution in [-0.4, -0.2) is 44.1 Å². The van der Waals surface area contributed by atoms with E-state index in [1.54, 1.807) is 42.5 Å². The van der Waals surface area contributed by atoms with Gasteiger partial charge >= 0.3 is 5.97 Å². The Morgan fingerprint density at radius 1 is 1.14 bits per heavy atom. The number of hydrogen-bond donors (Lipinski definition) is 1. The molecule has 0 atom stereocenters. The molecule has 0 bridgehead atoms. The Morgan fingerprint density at radius 2 is 1.90 bits per heavy atom. The number of nitrogens with one attached hydrogen (secondary N) is 1. The first-order chi connectivity index (χ1) is 14.1. The number of esters is 1. The number of carbonyl (C=O) groups excluding carboxylic acids is 3. The number of anilines is 2. The van der Waals surface area contributed by atoms with Crippen LogP contribution in [0.1, 0.15) is 13.3 Å². The third-order valence-corrected chi connectivity index (χ3v) is 4.17. The zero-order valence-electron chi connectivity index (χ0n) is 16.1. The summed E-state index contributed by atoms with van der Waals surface area (Å²) in [6, 6.07) is 14.1. The maximum atomic E-state index is 12.1.